The SMILES string of the molecule is CC(=O)NC1CCC(CN2CCC3(CCN(c4ncnc5sc(CC(F)(F)F)cc45)C3)C2)CC1. The number of hydrogen-bond acceptors (Lipinski definition) is 6. The van der Waals surface area contributed by atoms with Gasteiger partial charge in [-0.25, -0.2) is 9.97 Å². The van der Waals surface area contributed by atoms with Crippen LogP contribution in [0.5, 0.6) is 0 Å². The van der Waals surface area contributed by atoms with Gasteiger partial charge in [-0.1, -0.05) is 0 Å². The lowest BCUT2D eigenvalue weighted by molar-refractivity contribution is -0.126. The Kier molecular flexibility index (Phi) is 6.48. The van der Waals surface area contributed by atoms with Gasteiger partial charge >= 0.3 is 6.18 Å². The van der Waals surface area contributed by atoms with Gasteiger partial charge in [0.05, 0.1) is 11.8 Å². The van der Waals surface area contributed by atoms with Crippen LogP contribution < -0.4 is 10.2 Å². The Hall–Kier alpha value is -1.94. The fourth-order valence-corrected chi connectivity index (χ4v) is 7.23. The minimum Gasteiger partial charge on any atom is -0.355 e. The Labute approximate surface area is 201 Å². The van der Waals surface area contributed by atoms with Crippen molar-refractivity contribution < 1.29 is 18.0 Å². The van der Waals surface area contributed by atoms with Gasteiger partial charge in [-0.2, -0.15) is 13.2 Å². The molecule has 1 unspecified atom stereocenters. The molecule has 2 saturated heterocycles. The molecular formula is C24H32F3N5OS. The number of halogens is 3. The van der Waals surface area contributed by atoms with Crippen LogP contribution in [0.3, 0.4) is 0 Å². The summed E-state index contributed by atoms with van der Waals surface area (Å²) in [4.78, 5) is 25.8. The van der Waals surface area contributed by atoms with Gasteiger partial charge in [0.15, 0.2) is 0 Å². The third-order valence-corrected chi connectivity index (χ3v) is 8.80. The minimum atomic E-state index is -4.22. The molecule has 1 saturated carbocycles. The first-order valence-corrected chi connectivity index (χ1v) is 13.0. The highest BCUT2D eigenvalue weighted by Crippen LogP contribution is 2.43. The molecule has 10 heteroatoms. The lowest BCUT2D eigenvalue weighted by Gasteiger charge is -2.32. The Morgan fingerprint density at radius 1 is 1.18 bits per heavy atom. The number of likely N-dealkylation sites (tertiary alicyclic amines) is 1. The number of anilines is 1. The van der Waals surface area contributed by atoms with E-state index < -0.39 is 12.6 Å². The van der Waals surface area contributed by atoms with Gasteiger partial charge in [-0.3, -0.25) is 4.79 Å². The van der Waals surface area contributed by atoms with Crippen LogP contribution in [-0.4, -0.2) is 65.7 Å². The maximum absolute atomic E-state index is 12.9. The quantitative estimate of drug-likeness (QED) is 0.667. The number of thiophene rings is 1. The lowest BCUT2D eigenvalue weighted by atomic mass is 9.85. The molecule has 0 bridgehead atoms. The molecule has 2 aromatic heterocycles. The van der Waals surface area contributed by atoms with Gasteiger partial charge in [0.2, 0.25) is 5.91 Å². The maximum Gasteiger partial charge on any atom is 0.393 e. The van der Waals surface area contributed by atoms with E-state index in [4.69, 9.17) is 0 Å². The van der Waals surface area contributed by atoms with Gasteiger partial charge < -0.3 is 15.1 Å². The predicted molar refractivity (Wildman–Crippen MR) is 127 cm³/mol. The van der Waals surface area contributed by atoms with E-state index in [1.807, 2.05) is 0 Å². The number of aromatic nitrogens is 2. The van der Waals surface area contributed by atoms with Gasteiger partial charge in [0.1, 0.15) is 17.0 Å². The number of fused-ring (bicyclic) bond motifs is 1. The van der Waals surface area contributed by atoms with E-state index in [1.54, 1.807) is 13.0 Å². The van der Waals surface area contributed by atoms with Crippen LogP contribution in [0.4, 0.5) is 19.0 Å². The van der Waals surface area contributed by atoms with E-state index >= 15 is 0 Å². The number of hydrogen-bond donors (Lipinski definition) is 1. The van der Waals surface area contributed by atoms with E-state index in [0.29, 0.717) is 21.7 Å². The van der Waals surface area contributed by atoms with Crippen LogP contribution in [-0.2, 0) is 11.2 Å². The van der Waals surface area contributed by atoms with Gasteiger partial charge in [0, 0.05) is 49.4 Å². The van der Waals surface area contributed by atoms with Crippen molar-refractivity contribution in [2.24, 2.45) is 11.3 Å². The molecule has 34 heavy (non-hydrogen) atoms. The summed E-state index contributed by atoms with van der Waals surface area (Å²) in [6, 6.07) is 1.96. The summed E-state index contributed by atoms with van der Waals surface area (Å²) in [5.41, 5.74) is 0.232. The second-order valence-corrected chi connectivity index (χ2v) is 11.6. The summed E-state index contributed by atoms with van der Waals surface area (Å²) in [5, 5.41) is 3.80. The molecule has 1 amide bonds. The van der Waals surface area contributed by atoms with Crippen LogP contribution in [0.1, 0.15) is 50.3 Å². The van der Waals surface area contributed by atoms with Crippen molar-refractivity contribution in [3.8, 4) is 0 Å². The molecule has 1 N–H and O–H groups in total. The number of alkyl halides is 3. The fourth-order valence-electron chi connectivity index (χ4n) is 6.20. The number of carbonyl (C=O) groups excluding carboxylic acids is 1. The van der Waals surface area contributed by atoms with Gasteiger partial charge in [-0.05, 0) is 57.1 Å². The van der Waals surface area contributed by atoms with Crippen LogP contribution in [0.2, 0.25) is 0 Å². The molecular weight excluding hydrogens is 463 g/mol. The Morgan fingerprint density at radius 2 is 1.94 bits per heavy atom. The van der Waals surface area contributed by atoms with Crippen molar-refractivity contribution >= 4 is 33.3 Å². The number of carbonyl (C=O) groups is 1. The Morgan fingerprint density at radius 3 is 2.68 bits per heavy atom. The fraction of sp³-hybridized carbons (Fsp3) is 0.708. The first kappa shape index (κ1) is 23.8. The Bertz CT molecular complexity index is 1040. The minimum absolute atomic E-state index is 0.0655. The summed E-state index contributed by atoms with van der Waals surface area (Å²) in [5.74, 6) is 1.54. The zero-order valence-corrected chi connectivity index (χ0v) is 20.4. The number of amides is 1. The zero-order chi connectivity index (χ0) is 23.9. The molecule has 5 rings (SSSR count). The molecule has 1 aliphatic carbocycles. The van der Waals surface area contributed by atoms with E-state index in [9.17, 15) is 18.0 Å². The summed E-state index contributed by atoms with van der Waals surface area (Å²) >= 11 is 1.11. The highest BCUT2D eigenvalue weighted by Gasteiger charge is 2.44. The summed E-state index contributed by atoms with van der Waals surface area (Å²) in [6.07, 6.45) is 3.05. The van der Waals surface area contributed by atoms with E-state index in [1.165, 1.54) is 6.33 Å². The second-order valence-electron chi connectivity index (χ2n) is 10.5. The van der Waals surface area contributed by atoms with Crippen molar-refractivity contribution in [3.63, 3.8) is 0 Å². The third-order valence-electron chi connectivity index (χ3n) is 7.76. The summed E-state index contributed by atoms with van der Waals surface area (Å²) < 4.78 is 38.7. The largest absolute Gasteiger partial charge is 0.393 e. The van der Waals surface area contributed by atoms with Crippen molar-refractivity contribution in [2.75, 3.05) is 37.6 Å². The average Bonchev–Trinajstić information content (AvgIpc) is 3.46. The van der Waals surface area contributed by atoms with Gasteiger partial charge in [0.25, 0.3) is 0 Å². The second kappa shape index (κ2) is 9.26. The van der Waals surface area contributed by atoms with Crippen molar-refractivity contribution in [3.05, 3.63) is 17.3 Å². The molecule has 0 aromatic carbocycles. The standard InChI is InChI=1S/C24H32F3N5OS/c1-16(33)30-18-4-2-17(3-5-18)12-31-8-6-23(13-31)7-9-32(14-23)21-20-10-19(11-24(25,26)27)34-22(20)29-15-28-21/h10,15,17-18H,2-9,11-14H2,1H3,(H,30,33). The third kappa shape index (κ3) is 5.32. The zero-order valence-electron chi connectivity index (χ0n) is 19.5. The normalized spacial score (nSPS) is 28.3. The lowest BCUT2D eigenvalue weighted by Crippen LogP contribution is -2.39. The summed E-state index contributed by atoms with van der Waals surface area (Å²) in [7, 11) is 0. The van der Waals surface area contributed by atoms with Crippen LogP contribution >= 0.6 is 11.3 Å². The molecule has 3 aliphatic rings. The molecule has 2 aliphatic heterocycles. The average molecular weight is 496 g/mol. The predicted octanol–water partition coefficient (Wildman–Crippen LogP) is 4.39. The van der Waals surface area contributed by atoms with Crippen molar-refractivity contribution in [1.29, 1.82) is 0 Å². The molecule has 1 spiro atoms. The highest BCUT2D eigenvalue weighted by atomic mass is 32.1. The molecule has 186 valence electrons. The van der Waals surface area contributed by atoms with Crippen LogP contribution in [0, 0.1) is 11.3 Å². The first-order valence-electron chi connectivity index (χ1n) is 12.2. The maximum atomic E-state index is 12.9. The monoisotopic (exact) mass is 495 g/mol. The van der Waals surface area contributed by atoms with E-state index in [2.05, 4.69) is 25.1 Å². The molecule has 3 fully saturated rings. The number of nitrogens with one attached hydrogen (secondary N) is 1. The molecule has 4 heterocycles. The number of rotatable bonds is 5. The van der Waals surface area contributed by atoms with Crippen molar-refractivity contribution in [2.45, 2.75) is 64.1 Å². The smallest absolute Gasteiger partial charge is 0.355 e. The van der Waals surface area contributed by atoms with Crippen LogP contribution in [0.15, 0.2) is 12.4 Å². The highest BCUT2D eigenvalue weighted by molar-refractivity contribution is 7.18. The molecule has 6 nitrogen and oxygen atoms in total. The number of nitrogens with zero attached hydrogens (tertiary/aromatic N) is 4. The molecule has 0 radical (unpaired) electrons. The molecule has 2 aromatic rings. The van der Waals surface area contributed by atoms with Gasteiger partial charge in [-0.15, -0.1) is 11.3 Å². The molecule has 1 atom stereocenters. The summed E-state index contributed by atoms with van der Waals surface area (Å²) in [6.45, 7) is 6.67. The topological polar surface area (TPSA) is 61.4 Å². The van der Waals surface area contributed by atoms with E-state index in [0.717, 1.165) is 93.8 Å². The van der Waals surface area contributed by atoms with Crippen LogP contribution in [0.25, 0.3) is 10.2 Å². The Balaban J connectivity index is 1.19. The van der Waals surface area contributed by atoms with Crippen molar-refractivity contribution in [1.82, 2.24) is 20.2 Å². The van der Waals surface area contributed by atoms with E-state index in [-0.39, 0.29) is 11.3 Å². The first-order chi connectivity index (χ1) is 16.2.